The number of thiazole rings is 1. The largest absolute Gasteiger partial charge is 0.341 e. The number of likely N-dealkylation sites (tertiary alicyclic amines) is 1. The van der Waals surface area contributed by atoms with Crippen LogP contribution in [0.25, 0.3) is 11.5 Å². The summed E-state index contributed by atoms with van der Waals surface area (Å²) < 4.78 is 0. The lowest BCUT2D eigenvalue weighted by Crippen LogP contribution is -2.20. The Morgan fingerprint density at radius 1 is 1.29 bits per heavy atom. The molecule has 7 heteroatoms. The van der Waals surface area contributed by atoms with E-state index in [-0.39, 0.29) is 0 Å². The number of H-pyrrole nitrogens is 1. The van der Waals surface area contributed by atoms with Crippen molar-refractivity contribution in [2.24, 2.45) is 0 Å². The highest BCUT2D eigenvalue weighted by molar-refractivity contribution is 7.07. The normalized spacial score (nSPS) is 18.3. The van der Waals surface area contributed by atoms with Gasteiger partial charge >= 0.3 is 0 Å². The second kappa shape index (κ2) is 6.41. The smallest absolute Gasteiger partial charge is 0.156 e. The predicted molar refractivity (Wildman–Crippen MR) is 93.8 cm³/mol. The average Bonchev–Trinajstić information content (AvgIpc) is 3.29. The first-order valence-electron chi connectivity index (χ1n) is 8.14. The minimum atomic E-state index is 0.373. The summed E-state index contributed by atoms with van der Waals surface area (Å²) in [5.74, 6) is 2.12. The second-order valence-corrected chi connectivity index (χ2v) is 7.09. The predicted octanol–water partition coefficient (Wildman–Crippen LogP) is 2.93. The number of hydrogen-bond donors (Lipinski definition) is 1. The Morgan fingerprint density at radius 2 is 2.21 bits per heavy atom. The van der Waals surface area contributed by atoms with Gasteiger partial charge in [-0.25, -0.2) is 19.9 Å². The van der Waals surface area contributed by atoms with Crippen LogP contribution in [-0.4, -0.2) is 42.9 Å². The molecule has 1 aliphatic rings. The maximum absolute atomic E-state index is 4.79. The van der Waals surface area contributed by atoms with Gasteiger partial charge in [-0.15, -0.1) is 11.3 Å². The van der Waals surface area contributed by atoms with Crippen LogP contribution in [0.1, 0.15) is 35.2 Å². The molecule has 0 aromatic carbocycles. The van der Waals surface area contributed by atoms with Crippen LogP contribution < -0.4 is 0 Å². The molecule has 6 nitrogen and oxygen atoms in total. The van der Waals surface area contributed by atoms with Gasteiger partial charge in [-0.05, 0) is 32.9 Å². The molecule has 1 atom stereocenters. The van der Waals surface area contributed by atoms with Crippen LogP contribution in [0.4, 0.5) is 0 Å². The molecule has 1 fully saturated rings. The Kier molecular flexibility index (Phi) is 4.12. The molecule has 4 heterocycles. The molecule has 0 amide bonds. The van der Waals surface area contributed by atoms with Crippen LogP contribution >= 0.6 is 11.3 Å². The molecule has 1 aliphatic heterocycles. The monoisotopic (exact) mass is 340 g/mol. The van der Waals surface area contributed by atoms with Gasteiger partial charge in [0.15, 0.2) is 5.82 Å². The fourth-order valence-corrected chi connectivity index (χ4v) is 3.72. The zero-order valence-electron chi connectivity index (χ0n) is 13.9. The summed E-state index contributed by atoms with van der Waals surface area (Å²) in [4.78, 5) is 23.9. The van der Waals surface area contributed by atoms with Gasteiger partial charge in [-0.2, -0.15) is 0 Å². The third-order valence-corrected chi connectivity index (χ3v) is 4.96. The van der Waals surface area contributed by atoms with Gasteiger partial charge in [0.25, 0.3) is 0 Å². The first-order chi connectivity index (χ1) is 11.7. The highest BCUT2D eigenvalue weighted by Crippen LogP contribution is 2.27. The van der Waals surface area contributed by atoms with E-state index in [4.69, 9.17) is 4.98 Å². The van der Waals surface area contributed by atoms with Crippen molar-refractivity contribution >= 4 is 11.3 Å². The van der Waals surface area contributed by atoms with E-state index in [2.05, 4.69) is 30.2 Å². The van der Waals surface area contributed by atoms with Crippen LogP contribution in [-0.2, 0) is 6.54 Å². The molecule has 1 N–H and O–H groups in total. The first-order valence-corrected chi connectivity index (χ1v) is 9.08. The summed E-state index contributed by atoms with van der Waals surface area (Å²) in [5, 5.41) is 2.12. The van der Waals surface area contributed by atoms with E-state index >= 15 is 0 Å². The van der Waals surface area contributed by atoms with Crippen molar-refractivity contribution in [2.75, 3.05) is 13.1 Å². The minimum Gasteiger partial charge on any atom is -0.341 e. The molecular weight excluding hydrogens is 320 g/mol. The lowest BCUT2D eigenvalue weighted by atomic mass is 10.1. The lowest BCUT2D eigenvalue weighted by molar-refractivity contribution is 0.322. The molecular formula is C17H20N6S. The van der Waals surface area contributed by atoms with E-state index in [9.17, 15) is 0 Å². The van der Waals surface area contributed by atoms with Crippen molar-refractivity contribution in [3.8, 4) is 11.5 Å². The van der Waals surface area contributed by atoms with Crippen LogP contribution in [0.2, 0.25) is 0 Å². The van der Waals surface area contributed by atoms with E-state index in [1.54, 1.807) is 11.3 Å². The third kappa shape index (κ3) is 3.22. The SMILES string of the molecule is Cc1cc(-c2ncc(C)[nH]2)nc([C@@H]2CCN(Cc3cscn3)C2)n1. The molecule has 24 heavy (non-hydrogen) atoms. The summed E-state index contributed by atoms with van der Waals surface area (Å²) >= 11 is 1.65. The molecule has 0 unspecified atom stereocenters. The summed E-state index contributed by atoms with van der Waals surface area (Å²) in [7, 11) is 0. The molecule has 0 radical (unpaired) electrons. The van der Waals surface area contributed by atoms with E-state index in [0.29, 0.717) is 5.92 Å². The molecule has 0 bridgehead atoms. The number of hydrogen-bond acceptors (Lipinski definition) is 6. The molecule has 1 saturated heterocycles. The standard InChI is InChI=1S/C17H20N6S/c1-11-5-15(17-18-6-12(2)21-17)22-16(20-11)13-3-4-23(7-13)8-14-9-24-10-19-14/h5-6,9-10,13H,3-4,7-8H2,1-2H3,(H,18,21)/t13-/m1/s1. The van der Waals surface area contributed by atoms with Crippen molar-refractivity contribution in [1.29, 1.82) is 0 Å². The highest BCUT2D eigenvalue weighted by atomic mass is 32.1. The number of imidazole rings is 1. The molecule has 3 aromatic heterocycles. The number of aryl methyl sites for hydroxylation is 2. The van der Waals surface area contributed by atoms with Gasteiger partial charge in [-0.3, -0.25) is 4.90 Å². The van der Waals surface area contributed by atoms with Gasteiger partial charge in [0, 0.05) is 42.0 Å². The van der Waals surface area contributed by atoms with E-state index in [1.165, 1.54) is 0 Å². The Balaban J connectivity index is 1.53. The Labute approximate surface area is 145 Å². The second-order valence-electron chi connectivity index (χ2n) is 6.37. The van der Waals surface area contributed by atoms with Gasteiger partial charge < -0.3 is 4.98 Å². The quantitative estimate of drug-likeness (QED) is 0.791. The summed E-state index contributed by atoms with van der Waals surface area (Å²) in [6.07, 6.45) is 2.92. The van der Waals surface area contributed by atoms with Crippen molar-refractivity contribution in [3.63, 3.8) is 0 Å². The van der Waals surface area contributed by atoms with Crippen molar-refractivity contribution in [3.05, 3.63) is 46.1 Å². The van der Waals surface area contributed by atoms with Crippen LogP contribution in [0.3, 0.4) is 0 Å². The van der Waals surface area contributed by atoms with Crippen LogP contribution in [0.5, 0.6) is 0 Å². The van der Waals surface area contributed by atoms with Gasteiger partial charge in [0.1, 0.15) is 11.5 Å². The van der Waals surface area contributed by atoms with E-state index in [0.717, 1.165) is 60.5 Å². The topological polar surface area (TPSA) is 70.6 Å². The molecule has 124 valence electrons. The van der Waals surface area contributed by atoms with Gasteiger partial charge in [-0.1, -0.05) is 0 Å². The summed E-state index contributed by atoms with van der Waals surface area (Å²) in [5.41, 5.74) is 5.95. The summed E-state index contributed by atoms with van der Waals surface area (Å²) in [6, 6.07) is 1.99. The summed E-state index contributed by atoms with van der Waals surface area (Å²) in [6.45, 7) is 6.98. The lowest BCUT2D eigenvalue weighted by Gasteiger charge is -2.14. The Morgan fingerprint density at radius 3 is 2.96 bits per heavy atom. The molecule has 3 aromatic rings. The first kappa shape index (κ1) is 15.4. The van der Waals surface area contributed by atoms with E-state index in [1.807, 2.05) is 31.6 Å². The number of nitrogens with one attached hydrogen (secondary N) is 1. The molecule has 0 aliphatic carbocycles. The van der Waals surface area contributed by atoms with Crippen molar-refractivity contribution in [1.82, 2.24) is 29.8 Å². The maximum atomic E-state index is 4.79. The van der Waals surface area contributed by atoms with Crippen molar-refractivity contribution in [2.45, 2.75) is 32.7 Å². The average molecular weight is 340 g/mol. The van der Waals surface area contributed by atoms with E-state index < -0.39 is 0 Å². The zero-order chi connectivity index (χ0) is 16.5. The van der Waals surface area contributed by atoms with Crippen LogP contribution in [0.15, 0.2) is 23.2 Å². The number of aromatic nitrogens is 5. The third-order valence-electron chi connectivity index (χ3n) is 4.32. The maximum Gasteiger partial charge on any atom is 0.156 e. The molecule has 0 saturated carbocycles. The minimum absolute atomic E-state index is 0.373. The zero-order valence-corrected chi connectivity index (χ0v) is 14.7. The van der Waals surface area contributed by atoms with Gasteiger partial charge in [0.05, 0.1) is 11.2 Å². The van der Waals surface area contributed by atoms with Gasteiger partial charge in [0.2, 0.25) is 0 Å². The number of nitrogens with zero attached hydrogens (tertiary/aromatic N) is 5. The molecule has 0 spiro atoms. The Bertz CT molecular complexity index is 825. The highest BCUT2D eigenvalue weighted by Gasteiger charge is 2.27. The Hall–Kier alpha value is -2.12. The molecule has 4 rings (SSSR count). The fraction of sp³-hybridized carbons (Fsp3) is 0.412. The fourth-order valence-electron chi connectivity index (χ4n) is 3.17. The van der Waals surface area contributed by atoms with Crippen molar-refractivity contribution < 1.29 is 0 Å². The number of aromatic amines is 1. The number of rotatable bonds is 4. The van der Waals surface area contributed by atoms with Crippen LogP contribution in [0, 0.1) is 13.8 Å².